The molecule has 2 aliphatic heterocycles. The monoisotopic (exact) mass is 315 g/mol. The number of rotatable bonds is 6. The van der Waals surface area contributed by atoms with Crippen molar-refractivity contribution in [2.24, 2.45) is 5.92 Å². The van der Waals surface area contributed by atoms with Gasteiger partial charge >= 0.3 is 0 Å². The number of nitrogens with one attached hydrogen (secondary N) is 3. The molecule has 2 atom stereocenters. The van der Waals surface area contributed by atoms with E-state index in [0.29, 0.717) is 12.7 Å². The van der Waals surface area contributed by atoms with Gasteiger partial charge in [-0.2, -0.15) is 0 Å². The van der Waals surface area contributed by atoms with Crippen molar-refractivity contribution in [2.45, 2.75) is 12.6 Å². The molecular formula is C16H21N5O2. The summed E-state index contributed by atoms with van der Waals surface area (Å²) in [6.45, 7) is 4.07. The lowest BCUT2D eigenvalue weighted by Gasteiger charge is -2.19. The first-order valence-corrected chi connectivity index (χ1v) is 7.94. The summed E-state index contributed by atoms with van der Waals surface area (Å²) in [5.74, 6) is 2.15. The Morgan fingerprint density at radius 2 is 2.26 bits per heavy atom. The maximum absolute atomic E-state index is 5.48. The third-order valence-electron chi connectivity index (χ3n) is 4.36. The zero-order valence-electron chi connectivity index (χ0n) is 12.9. The molecule has 2 unspecified atom stereocenters. The van der Waals surface area contributed by atoms with Crippen molar-refractivity contribution < 1.29 is 9.47 Å². The van der Waals surface area contributed by atoms with Crippen molar-refractivity contribution in [1.82, 2.24) is 25.7 Å². The van der Waals surface area contributed by atoms with Gasteiger partial charge in [0.1, 0.15) is 0 Å². The van der Waals surface area contributed by atoms with Crippen LogP contribution in [0.15, 0.2) is 36.9 Å². The van der Waals surface area contributed by atoms with Crippen molar-refractivity contribution in [3.05, 3.63) is 42.5 Å². The summed E-state index contributed by atoms with van der Waals surface area (Å²) in [4.78, 5) is 4.05. The Morgan fingerprint density at radius 1 is 1.30 bits per heavy atom. The minimum atomic E-state index is 0.269. The number of aromatic nitrogens is 2. The van der Waals surface area contributed by atoms with Crippen LogP contribution in [-0.4, -0.2) is 36.0 Å². The maximum atomic E-state index is 5.48. The lowest BCUT2D eigenvalue weighted by molar-refractivity contribution is 0.174. The van der Waals surface area contributed by atoms with Crippen LogP contribution in [-0.2, 0) is 6.54 Å². The molecule has 1 saturated heterocycles. The quantitative estimate of drug-likeness (QED) is 0.681. The normalized spacial score (nSPS) is 22.6. The standard InChI is InChI=1S/C16H21N5O2/c1-2-14-15(23-11-22-14)7-12(1)16-13(9-19-20-16)8-17-3-5-21-6-4-18-10-21/h1-2,4,6-7,10,13,16-17,19-20H,3,5,8-9,11H2. The third kappa shape index (κ3) is 3.17. The minimum absolute atomic E-state index is 0.269. The Morgan fingerprint density at radius 3 is 3.17 bits per heavy atom. The lowest BCUT2D eigenvalue weighted by atomic mass is 9.94. The number of imidazole rings is 1. The summed E-state index contributed by atoms with van der Waals surface area (Å²) in [6.07, 6.45) is 5.63. The summed E-state index contributed by atoms with van der Waals surface area (Å²) in [5.41, 5.74) is 7.86. The van der Waals surface area contributed by atoms with E-state index in [4.69, 9.17) is 9.47 Å². The van der Waals surface area contributed by atoms with Gasteiger partial charge < -0.3 is 19.4 Å². The fraction of sp³-hybridized carbons (Fsp3) is 0.438. The highest BCUT2D eigenvalue weighted by Crippen LogP contribution is 2.36. The molecule has 0 radical (unpaired) electrons. The van der Waals surface area contributed by atoms with Crippen LogP contribution in [0.4, 0.5) is 0 Å². The summed E-state index contributed by atoms with van der Waals surface area (Å²) >= 11 is 0. The molecule has 0 bridgehead atoms. The highest BCUT2D eigenvalue weighted by atomic mass is 16.7. The molecule has 7 nitrogen and oxygen atoms in total. The maximum Gasteiger partial charge on any atom is 0.231 e. The van der Waals surface area contributed by atoms with Gasteiger partial charge in [0.25, 0.3) is 0 Å². The molecule has 2 aliphatic rings. The van der Waals surface area contributed by atoms with Crippen molar-refractivity contribution in [1.29, 1.82) is 0 Å². The predicted molar refractivity (Wildman–Crippen MR) is 85.0 cm³/mol. The van der Waals surface area contributed by atoms with Gasteiger partial charge in [-0.15, -0.1) is 0 Å². The minimum Gasteiger partial charge on any atom is -0.454 e. The van der Waals surface area contributed by atoms with Gasteiger partial charge in [0, 0.05) is 44.5 Å². The van der Waals surface area contributed by atoms with E-state index in [1.54, 1.807) is 6.20 Å². The first kappa shape index (κ1) is 14.5. The van der Waals surface area contributed by atoms with Gasteiger partial charge in [-0.05, 0) is 17.7 Å². The molecule has 1 aromatic carbocycles. The molecule has 1 fully saturated rings. The molecule has 7 heteroatoms. The Bertz CT molecular complexity index is 646. The first-order chi connectivity index (χ1) is 11.4. The van der Waals surface area contributed by atoms with E-state index in [0.717, 1.165) is 37.7 Å². The van der Waals surface area contributed by atoms with Crippen LogP contribution >= 0.6 is 0 Å². The number of ether oxygens (including phenoxy) is 2. The molecular weight excluding hydrogens is 294 g/mol. The van der Waals surface area contributed by atoms with Crippen LogP contribution in [0.3, 0.4) is 0 Å². The Hall–Kier alpha value is -2.09. The van der Waals surface area contributed by atoms with Crippen LogP contribution in [0.25, 0.3) is 0 Å². The summed E-state index contributed by atoms with van der Waals surface area (Å²) in [5, 5.41) is 3.53. The van der Waals surface area contributed by atoms with Gasteiger partial charge in [-0.25, -0.2) is 10.4 Å². The summed E-state index contributed by atoms with van der Waals surface area (Å²) < 4.78 is 12.9. The lowest BCUT2D eigenvalue weighted by Crippen LogP contribution is -2.30. The van der Waals surface area contributed by atoms with E-state index in [1.165, 1.54) is 5.56 Å². The molecule has 0 spiro atoms. The topological polar surface area (TPSA) is 72.4 Å². The van der Waals surface area contributed by atoms with Crippen LogP contribution in [0.2, 0.25) is 0 Å². The van der Waals surface area contributed by atoms with Crippen LogP contribution in [0.1, 0.15) is 11.6 Å². The van der Waals surface area contributed by atoms with Gasteiger partial charge in [0.05, 0.1) is 12.4 Å². The summed E-state index contributed by atoms with van der Waals surface area (Å²) in [7, 11) is 0. The zero-order valence-corrected chi connectivity index (χ0v) is 12.9. The smallest absolute Gasteiger partial charge is 0.231 e. The highest BCUT2D eigenvalue weighted by molar-refractivity contribution is 5.45. The van der Waals surface area contributed by atoms with Crippen LogP contribution < -0.4 is 25.6 Å². The van der Waals surface area contributed by atoms with Crippen LogP contribution in [0, 0.1) is 5.92 Å². The SMILES string of the molecule is c1cn(CCNCC2CNNC2c2ccc3c(c2)OCO3)cn1. The van der Waals surface area contributed by atoms with Crippen LogP contribution in [0.5, 0.6) is 11.5 Å². The second-order valence-electron chi connectivity index (χ2n) is 5.88. The molecule has 23 heavy (non-hydrogen) atoms. The van der Waals surface area contributed by atoms with Crippen molar-refractivity contribution in [2.75, 3.05) is 26.4 Å². The molecule has 1 aromatic heterocycles. The van der Waals surface area contributed by atoms with E-state index in [2.05, 4.69) is 37.9 Å². The number of hydrogen-bond acceptors (Lipinski definition) is 6. The molecule has 2 aromatic rings. The van der Waals surface area contributed by atoms with E-state index >= 15 is 0 Å². The highest BCUT2D eigenvalue weighted by Gasteiger charge is 2.29. The number of benzene rings is 1. The third-order valence-corrected chi connectivity index (χ3v) is 4.36. The molecule has 122 valence electrons. The molecule has 4 rings (SSSR count). The molecule has 3 N–H and O–H groups in total. The second kappa shape index (κ2) is 6.57. The average molecular weight is 315 g/mol. The van der Waals surface area contributed by atoms with Crippen molar-refractivity contribution in [3.63, 3.8) is 0 Å². The van der Waals surface area contributed by atoms with Gasteiger partial charge in [0.15, 0.2) is 11.5 Å². The second-order valence-corrected chi connectivity index (χ2v) is 5.88. The van der Waals surface area contributed by atoms with Crippen molar-refractivity contribution in [3.8, 4) is 11.5 Å². The first-order valence-electron chi connectivity index (χ1n) is 7.94. The van der Waals surface area contributed by atoms with E-state index in [9.17, 15) is 0 Å². The van der Waals surface area contributed by atoms with E-state index in [-0.39, 0.29) is 6.04 Å². The Kier molecular flexibility index (Phi) is 4.14. The number of hydrogen-bond donors (Lipinski definition) is 3. The summed E-state index contributed by atoms with van der Waals surface area (Å²) in [6, 6.07) is 6.44. The molecule has 0 amide bonds. The Balaban J connectivity index is 1.33. The van der Waals surface area contributed by atoms with E-state index in [1.807, 2.05) is 18.6 Å². The number of fused-ring (bicyclic) bond motifs is 1. The largest absolute Gasteiger partial charge is 0.454 e. The molecule has 3 heterocycles. The zero-order chi connectivity index (χ0) is 15.5. The van der Waals surface area contributed by atoms with Gasteiger partial charge in [-0.1, -0.05) is 6.07 Å². The number of hydrazine groups is 1. The fourth-order valence-electron chi connectivity index (χ4n) is 3.10. The molecule has 0 aliphatic carbocycles. The van der Waals surface area contributed by atoms with E-state index < -0.39 is 0 Å². The average Bonchev–Trinajstić information content (AvgIpc) is 3.31. The predicted octanol–water partition coefficient (Wildman–Crippen LogP) is 0.667. The van der Waals surface area contributed by atoms with Gasteiger partial charge in [-0.3, -0.25) is 5.43 Å². The van der Waals surface area contributed by atoms with Crippen molar-refractivity contribution >= 4 is 0 Å². The Labute approximate surface area is 135 Å². The fourth-order valence-corrected chi connectivity index (χ4v) is 3.10. The van der Waals surface area contributed by atoms with Gasteiger partial charge in [0.2, 0.25) is 6.79 Å². The molecule has 0 saturated carbocycles. The number of nitrogens with zero attached hydrogens (tertiary/aromatic N) is 2.